The van der Waals surface area contributed by atoms with Gasteiger partial charge in [0, 0.05) is 23.1 Å². The summed E-state index contributed by atoms with van der Waals surface area (Å²) in [6, 6.07) is 1.17. The second-order valence-corrected chi connectivity index (χ2v) is 27.4. The van der Waals surface area contributed by atoms with Gasteiger partial charge in [0.2, 0.25) is 12.5 Å². The monoisotopic (exact) mass is 826 g/mol. The molecule has 0 spiro atoms. The minimum atomic E-state index is -2.42. The standard InChI is InChI=1S/C42H62N2O11Si2/c1-15-17-49-34-25(3)35-37(53-24-52-35)33-27(34)22-29-39(46)51-23-30(33)44(29)38(45)28(43-40(47)50-18-16-2)19-26-20-31(54-56(11,12)41(4,5)6)36(48-10)32(21-26)55-57(13,14)42(7,8)9/h15-16,20-21,28-30,38,45H,1-2,17-19,22-24H2,3-14H3,(H,43,47)/t28-,29-,30-,38-/m0/s1. The second kappa shape index (κ2) is 16.6. The van der Waals surface area contributed by atoms with Crippen LogP contribution in [0.2, 0.25) is 36.3 Å². The summed E-state index contributed by atoms with van der Waals surface area (Å²) < 4.78 is 49.1. The minimum Gasteiger partial charge on any atom is -0.541 e. The summed E-state index contributed by atoms with van der Waals surface area (Å²) in [4.78, 5) is 28.7. The number of esters is 1. The number of aliphatic hydroxyl groups excluding tert-OH is 1. The van der Waals surface area contributed by atoms with Gasteiger partial charge in [-0.05, 0) is 67.3 Å². The predicted octanol–water partition coefficient (Wildman–Crippen LogP) is 7.73. The Morgan fingerprint density at radius 2 is 1.53 bits per heavy atom. The van der Waals surface area contributed by atoms with Gasteiger partial charge in [0.05, 0.1) is 19.2 Å². The van der Waals surface area contributed by atoms with Gasteiger partial charge in [0.15, 0.2) is 23.0 Å². The van der Waals surface area contributed by atoms with E-state index in [1.165, 1.54) is 6.08 Å². The molecule has 1 amide bonds. The fourth-order valence-corrected chi connectivity index (χ4v) is 8.90. The van der Waals surface area contributed by atoms with Gasteiger partial charge in [-0.2, -0.15) is 0 Å². The minimum absolute atomic E-state index is 0.00136. The second-order valence-electron chi connectivity index (χ2n) is 17.9. The van der Waals surface area contributed by atoms with Gasteiger partial charge in [-0.1, -0.05) is 66.9 Å². The number of rotatable bonds is 15. The van der Waals surface area contributed by atoms with Gasteiger partial charge >= 0.3 is 12.1 Å². The molecule has 1 fully saturated rings. The normalized spacial score (nSPS) is 19.1. The summed E-state index contributed by atoms with van der Waals surface area (Å²) in [6.07, 6.45) is 1.16. The molecule has 0 radical (unpaired) electrons. The molecule has 314 valence electrons. The average molecular weight is 827 g/mol. The van der Waals surface area contributed by atoms with E-state index in [1.54, 1.807) is 18.1 Å². The molecule has 4 atom stereocenters. The Morgan fingerprint density at radius 3 is 2.07 bits per heavy atom. The lowest BCUT2D eigenvalue weighted by Crippen LogP contribution is -2.63. The summed E-state index contributed by atoms with van der Waals surface area (Å²) in [7, 11) is -3.23. The first-order valence-electron chi connectivity index (χ1n) is 19.5. The number of alkyl carbamates (subject to hydrolysis) is 1. The van der Waals surface area contributed by atoms with Crippen molar-refractivity contribution in [2.45, 2.75) is 122 Å². The molecule has 0 unspecified atom stereocenters. The van der Waals surface area contributed by atoms with Crippen LogP contribution in [0.25, 0.3) is 0 Å². The first kappa shape index (κ1) is 43.9. The van der Waals surface area contributed by atoms with Gasteiger partial charge < -0.3 is 47.7 Å². The molecular formula is C42H62N2O11Si2. The van der Waals surface area contributed by atoms with Crippen LogP contribution in [0.1, 0.15) is 69.8 Å². The maximum atomic E-state index is 13.7. The number of hydrogen-bond donors (Lipinski definition) is 2. The molecule has 13 nitrogen and oxygen atoms in total. The molecule has 0 aromatic heterocycles. The third-order valence-electron chi connectivity index (χ3n) is 12.0. The Labute approximate surface area is 339 Å². The van der Waals surface area contributed by atoms with Crippen LogP contribution in [0, 0.1) is 6.92 Å². The van der Waals surface area contributed by atoms with Gasteiger partial charge in [0.1, 0.15) is 37.8 Å². The summed E-state index contributed by atoms with van der Waals surface area (Å²) in [5.41, 5.74) is 2.92. The molecule has 2 aromatic carbocycles. The quantitative estimate of drug-likeness (QED) is 0.103. The zero-order valence-electron chi connectivity index (χ0n) is 35.8. The zero-order valence-corrected chi connectivity index (χ0v) is 37.8. The fraction of sp³-hybridized carbons (Fsp3) is 0.571. The van der Waals surface area contributed by atoms with Crippen molar-refractivity contribution >= 4 is 28.7 Å². The predicted molar refractivity (Wildman–Crippen MR) is 223 cm³/mol. The Kier molecular flexibility index (Phi) is 12.8. The van der Waals surface area contributed by atoms with E-state index in [4.69, 9.17) is 37.3 Å². The molecule has 5 rings (SSSR count). The summed E-state index contributed by atoms with van der Waals surface area (Å²) in [5.74, 6) is 2.63. The van der Waals surface area contributed by atoms with Crippen LogP contribution >= 0.6 is 0 Å². The van der Waals surface area contributed by atoms with Crippen molar-refractivity contribution in [2.75, 3.05) is 33.7 Å². The van der Waals surface area contributed by atoms with Gasteiger partial charge in [-0.15, -0.1) is 0 Å². The molecule has 57 heavy (non-hydrogen) atoms. The van der Waals surface area contributed by atoms with Gasteiger partial charge in [-0.3, -0.25) is 9.69 Å². The Bertz CT molecular complexity index is 1820. The lowest BCUT2D eigenvalue weighted by Gasteiger charge is -2.49. The largest absolute Gasteiger partial charge is 0.541 e. The van der Waals surface area contributed by atoms with Crippen molar-refractivity contribution in [3.63, 3.8) is 0 Å². The summed E-state index contributed by atoms with van der Waals surface area (Å²) in [5, 5.41) is 15.2. The average Bonchev–Trinajstić information content (AvgIpc) is 3.60. The molecule has 0 aliphatic carbocycles. The molecule has 0 saturated carbocycles. The lowest BCUT2D eigenvalue weighted by molar-refractivity contribution is -0.181. The van der Waals surface area contributed by atoms with Crippen LogP contribution in [0.4, 0.5) is 4.79 Å². The van der Waals surface area contributed by atoms with E-state index in [0.29, 0.717) is 45.6 Å². The van der Waals surface area contributed by atoms with Gasteiger partial charge in [-0.25, -0.2) is 4.79 Å². The maximum absolute atomic E-state index is 13.7. The third-order valence-corrected chi connectivity index (χ3v) is 20.7. The first-order chi connectivity index (χ1) is 26.6. The van der Waals surface area contributed by atoms with E-state index in [0.717, 1.165) is 11.1 Å². The van der Waals surface area contributed by atoms with E-state index in [2.05, 4.69) is 86.2 Å². The maximum Gasteiger partial charge on any atom is 0.407 e. The topological polar surface area (TPSA) is 143 Å². The van der Waals surface area contributed by atoms with Crippen LogP contribution < -0.4 is 33.1 Å². The molecule has 2 bridgehead atoms. The van der Waals surface area contributed by atoms with E-state index < -0.39 is 53.1 Å². The number of methoxy groups -OCH3 is 1. The Balaban J connectivity index is 1.64. The summed E-state index contributed by atoms with van der Waals surface area (Å²) >= 11 is 0. The molecular weight excluding hydrogens is 765 g/mol. The number of morpholine rings is 1. The Hall–Kier alpha value is -4.19. The lowest BCUT2D eigenvalue weighted by atomic mass is 9.83. The fourth-order valence-electron chi connectivity index (χ4n) is 6.88. The number of ether oxygens (including phenoxy) is 6. The van der Waals surface area contributed by atoms with Crippen LogP contribution in [0.15, 0.2) is 37.4 Å². The number of nitrogens with one attached hydrogen (secondary N) is 1. The number of fused-ring (bicyclic) bond motifs is 6. The number of cyclic esters (lactones) is 1. The molecule has 3 aliphatic rings. The van der Waals surface area contributed by atoms with Gasteiger partial charge in [0.25, 0.3) is 16.6 Å². The molecule has 15 heteroatoms. The van der Waals surface area contributed by atoms with E-state index in [1.807, 2.05) is 19.1 Å². The van der Waals surface area contributed by atoms with Crippen molar-refractivity contribution in [3.8, 4) is 34.5 Å². The molecule has 3 heterocycles. The number of benzene rings is 2. The number of carbonyl (C=O) groups is 2. The highest BCUT2D eigenvalue weighted by molar-refractivity contribution is 6.75. The van der Waals surface area contributed by atoms with Crippen LogP contribution in [-0.2, 0) is 27.1 Å². The van der Waals surface area contributed by atoms with Crippen molar-refractivity contribution in [2.24, 2.45) is 0 Å². The number of nitrogens with zero attached hydrogens (tertiary/aromatic N) is 1. The molecule has 3 aliphatic heterocycles. The van der Waals surface area contributed by atoms with Crippen molar-refractivity contribution < 1.29 is 52.0 Å². The van der Waals surface area contributed by atoms with Crippen molar-refractivity contribution in [1.29, 1.82) is 0 Å². The molecule has 1 saturated heterocycles. The summed E-state index contributed by atoms with van der Waals surface area (Å²) in [6.45, 7) is 31.1. The highest BCUT2D eigenvalue weighted by Gasteiger charge is 2.52. The Morgan fingerprint density at radius 1 is 0.947 bits per heavy atom. The van der Waals surface area contributed by atoms with E-state index >= 15 is 0 Å². The highest BCUT2D eigenvalue weighted by atomic mass is 28.4. The van der Waals surface area contributed by atoms with Crippen LogP contribution in [0.5, 0.6) is 34.5 Å². The smallest absolute Gasteiger partial charge is 0.407 e. The highest BCUT2D eigenvalue weighted by Crippen LogP contribution is 2.54. The van der Waals surface area contributed by atoms with Crippen LogP contribution in [0.3, 0.4) is 0 Å². The molecule has 2 aromatic rings. The number of carbonyl (C=O) groups excluding carboxylic acids is 2. The number of hydrogen-bond acceptors (Lipinski definition) is 12. The van der Waals surface area contributed by atoms with E-state index in [9.17, 15) is 14.7 Å². The van der Waals surface area contributed by atoms with Crippen molar-refractivity contribution in [1.82, 2.24) is 10.2 Å². The zero-order chi connectivity index (χ0) is 42.2. The third kappa shape index (κ3) is 8.81. The molecule has 2 N–H and O–H groups in total. The van der Waals surface area contributed by atoms with E-state index in [-0.39, 0.29) is 49.5 Å². The SMILES string of the molecule is C=CCOC(=O)N[C@@H](Cc1cc(O[Si](C)(C)C(C)(C)C)c(OC)c(O[Si](C)(C)C(C)(C)C)c1)[C@H](O)N1[C@H]2Cc3c(OCC=C)c(C)c4c(c3[C@@H]1COC2=O)OCO4. The first-order valence-corrected chi connectivity index (χ1v) is 25.3. The number of amides is 1. The van der Waals surface area contributed by atoms with Crippen molar-refractivity contribution in [3.05, 3.63) is 59.7 Å². The number of aliphatic hydroxyl groups is 1. The van der Waals surface area contributed by atoms with Crippen LogP contribution in [-0.4, -0.2) is 90.7 Å².